The summed E-state index contributed by atoms with van der Waals surface area (Å²) < 4.78 is 5.43. The summed E-state index contributed by atoms with van der Waals surface area (Å²) in [6, 6.07) is 0. The van der Waals surface area contributed by atoms with Gasteiger partial charge < -0.3 is 10.1 Å². The summed E-state index contributed by atoms with van der Waals surface area (Å²) >= 11 is 1.63. The van der Waals surface area contributed by atoms with Crippen molar-refractivity contribution < 1.29 is 9.53 Å². The van der Waals surface area contributed by atoms with Crippen molar-refractivity contribution >= 4 is 17.2 Å². The third-order valence-corrected chi connectivity index (χ3v) is 3.30. The van der Waals surface area contributed by atoms with Crippen LogP contribution in [-0.2, 0) is 9.53 Å². The summed E-state index contributed by atoms with van der Waals surface area (Å²) in [5.41, 5.74) is 1.01. The Morgan fingerprint density at radius 1 is 1.57 bits per heavy atom. The van der Waals surface area contributed by atoms with Crippen LogP contribution in [0.15, 0.2) is 0 Å². The number of ether oxygens (including phenoxy) is 1. The van der Waals surface area contributed by atoms with Crippen molar-refractivity contribution in [2.24, 2.45) is 0 Å². The van der Waals surface area contributed by atoms with Gasteiger partial charge in [-0.3, -0.25) is 4.79 Å². The minimum absolute atomic E-state index is 0.0149. The minimum Gasteiger partial charge on any atom is -0.361 e. The number of nitrogens with one attached hydrogen (secondary N) is 1. The van der Waals surface area contributed by atoms with Gasteiger partial charge in [-0.2, -0.15) is 0 Å². The van der Waals surface area contributed by atoms with Gasteiger partial charge in [0.2, 0.25) is 5.91 Å². The third-order valence-electron chi connectivity index (χ3n) is 2.13. The molecule has 0 bridgehead atoms. The molecule has 1 aromatic rings. The lowest BCUT2D eigenvalue weighted by molar-refractivity contribution is -0.133. The molecule has 1 saturated heterocycles. The van der Waals surface area contributed by atoms with Gasteiger partial charge in [-0.15, -0.1) is 11.3 Å². The Hall–Kier alpha value is -0.940. The standard InChI is InChI=1S/C9H12N2O2S/c1-5-9(14-6(2)11-5)7-3-10-8(12)4-13-7/h7H,3-4H2,1-2H3,(H,10,12). The van der Waals surface area contributed by atoms with Gasteiger partial charge in [0.15, 0.2) is 0 Å². The molecule has 0 saturated carbocycles. The molecule has 1 aromatic heterocycles. The summed E-state index contributed by atoms with van der Waals surface area (Å²) in [7, 11) is 0. The molecule has 0 radical (unpaired) electrons. The topological polar surface area (TPSA) is 51.2 Å². The fraction of sp³-hybridized carbons (Fsp3) is 0.556. The van der Waals surface area contributed by atoms with Crippen molar-refractivity contribution in [1.29, 1.82) is 0 Å². The molecule has 0 spiro atoms. The molecule has 1 amide bonds. The van der Waals surface area contributed by atoms with E-state index in [2.05, 4.69) is 10.3 Å². The Morgan fingerprint density at radius 3 is 2.86 bits per heavy atom. The normalized spacial score (nSPS) is 22.1. The van der Waals surface area contributed by atoms with Crippen LogP contribution in [0.3, 0.4) is 0 Å². The fourth-order valence-corrected chi connectivity index (χ4v) is 2.48. The highest BCUT2D eigenvalue weighted by Gasteiger charge is 2.23. The minimum atomic E-state index is -0.0415. The van der Waals surface area contributed by atoms with Gasteiger partial charge in [0, 0.05) is 6.54 Å². The number of morpholine rings is 1. The monoisotopic (exact) mass is 212 g/mol. The van der Waals surface area contributed by atoms with Crippen molar-refractivity contribution in [1.82, 2.24) is 10.3 Å². The zero-order chi connectivity index (χ0) is 10.1. The highest BCUT2D eigenvalue weighted by molar-refractivity contribution is 7.11. The lowest BCUT2D eigenvalue weighted by Gasteiger charge is -2.22. The van der Waals surface area contributed by atoms with Gasteiger partial charge in [-0.05, 0) is 13.8 Å². The second-order valence-electron chi connectivity index (χ2n) is 3.29. The number of aryl methyl sites for hydroxylation is 2. The second-order valence-corrected chi connectivity index (χ2v) is 4.52. The molecule has 1 N–H and O–H groups in total. The average molecular weight is 212 g/mol. The highest BCUT2D eigenvalue weighted by atomic mass is 32.1. The van der Waals surface area contributed by atoms with E-state index in [1.165, 1.54) is 0 Å². The molecule has 0 aliphatic carbocycles. The zero-order valence-electron chi connectivity index (χ0n) is 8.16. The van der Waals surface area contributed by atoms with Gasteiger partial charge in [0.05, 0.1) is 15.6 Å². The van der Waals surface area contributed by atoms with Crippen molar-refractivity contribution in [2.75, 3.05) is 13.2 Å². The zero-order valence-corrected chi connectivity index (χ0v) is 8.98. The maximum absolute atomic E-state index is 10.9. The van der Waals surface area contributed by atoms with E-state index in [-0.39, 0.29) is 18.6 Å². The second kappa shape index (κ2) is 3.67. The maximum atomic E-state index is 10.9. The van der Waals surface area contributed by atoms with Crippen LogP contribution < -0.4 is 5.32 Å². The average Bonchev–Trinajstić information content (AvgIpc) is 2.47. The molecule has 2 rings (SSSR count). The molecule has 4 nitrogen and oxygen atoms in total. The predicted octanol–water partition coefficient (Wildman–Crippen LogP) is 0.947. The molecule has 1 aliphatic heterocycles. The Balaban J connectivity index is 2.15. The van der Waals surface area contributed by atoms with E-state index < -0.39 is 0 Å². The molecule has 1 fully saturated rings. The Bertz CT molecular complexity index is 352. The summed E-state index contributed by atoms with van der Waals surface area (Å²) in [5, 5.41) is 3.82. The summed E-state index contributed by atoms with van der Waals surface area (Å²) in [6.07, 6.45) is -0.0149. The summed E-state index contributed by atoms with van der Waals surface area (Å²) in [6.45, 7) is 4.66. The molecule has 2 heterocycles. The molecular formula is C9H12N2O2S. The molecule has 5 heteroatoms. The lowest BCUT2D eigenvalue weighted by atomic mass is 10.2. The number of carbonyl (C=O) groups is 1. The number of amides is 1. The van der Waals surface area contributed by atoms with E-state index in [0.717, 1.165) is 15.6 Å². The van der Waals surface area contributed by atoms with Crippen molar-refractivity contribution in [3.05, 3.63) is 15.6 Å². The Labute approximate surface area is 86.3 Å². The van der Waals surface area contributed by atoms with E-state index in [1.54, 1.807) is 11.3 Å². The van der Waals surface area contributed by atoms with Crippen LogP contribution in [0.2, 0.25) is 0 Å². The number of aromatic nitrogens is 1. The van der Waals surface area contributed by atoms with E-state index in [1.807, 2.05) is 13.8 Å². The van der Waals surface area contributed by atoms with Crippen molar-refractivity contribution in [3.63, 3.8) is 0 Å². The van der Waals surface area contributed by atoms with Crippen molar-refractivity contribution in [3.8, 4) is 0 Å². The van der Waals surface area contributed by atoms with Crippen LogP contribution in [0, 0.1) is 13.8 Å². The number of hydrogen-bond donors (Lipinski definition) is 1. The van der Waals surface area contributed by atoms with Crippen LogP contribution in [0.25, 0.3) is 0 Å². The van der Waals surface area contributed by atoms with Gasteiger partial charge in [0.1, 0.15) is 12.7 Å². The molecule has 1 atom stereocenters. The predicted molar refractivity (Wildman–Crippen MR) is 53.3 cm³/mol. The SMILES string of the molecule is Cc1nc(C)c(C2CNC(=O)CO2)s1. The Morgan fingerprint density at radius 2 is 2.36 bits per heavy atom. The first kappa shape index (κ1) is 9.61. The Kier molecular flexibility index (Phi) is 2.52. The van der Waals surface area contributed by atoms with E-state index in [9.17, 15) is 4.79 Å². The highest BCUT2D eigenvalue weighted by Crippen LogP contribution is 2.27. The quantitative estimate of drug-likeness (QED) is 0.754. The molecular weight excluding hydrogens is 200 g/mol. The summed E-state index contributed by atoms with van der Waals surface area (Å²) in [4.78, 5) is 16.3. The first-order valence-electron chi connectivity index (χ1n) is 4.49. The van der Waals surface area contributed by atoms with E-state index in [4.69, 9.17) is 4.74 Å². The number of thiazole rings is 1. The van der Waals surface area contributed by atoms with Crippen LogP contribution in [-0.4, -0.2) is 24.0 Å². The maximum Gasteiger partial charge on any atom is 0.246 e. The molecule has 1 aliphatic rings. The number of hydrogen-bond acceptors (Lipinski definition) is 4. The largest absolute Gasteiger partial charge is 0.361 e. The fourth-order valence-electron chi connectivity index (χ4n) is 1.51. The lowest BCUT2D eigenvalue weighted by Crippen LogP contribution is -2.38. The molecule has 76 valence electrons. The molecule has 14 heavy (non-hydrogen) atoms. The summed E-state index contributed by atoms with van der Waals surface area (Å²) in [5.74, 6) is -0.0415. The van der Waals surface area contributed by atoms with Crippen LogP contribution in [0.5, 0.6) is 0 Å². The van der Waals surface area contributed by atoms with Gasteiger partial charge >= 0.3 is 0 Å². The van der Waals surface area contributed by atoms with Crippen LogP contribution >= 0.6 is 11.3 Å². The smallest absolute Gasteiger partial charge is 0.246 e. The number of nitrogens with zero attached hydrogens (tertiary/aromatic N) is 1. The number of carbonyl (C=O) groups excluding carboxylic acids is 1. The first-order valence-corrected chi connectivity index (χ1v) is 5.30. The van der Waals surface area contributed by atoms with Gasteiger partial charge in [0.25, 0.3) is 0 Å². The molecule has 1 unspecified atom stereocenters. The van der Waals surface area contributed by atoms with Crippen LogP contribution in [0.1, 0.15) is 21.7 Å². The van der Waals surface area contributed by atoms with Gasteiger partial charge in [-0.1, -0.05) is 0 Å². The third kappa shape index (κ3) is 1.78. The van der Waals surface area contributed by atoms with E-state index >= 15 is 0 Å². The van der Waals surface area contributed by atoms with E-state index in [0.29, 0.717) is 6.54 Å². The first-order chi connectivity index (χ1) is 6.66. The van der Waals surface area contributed by atoms with Crippen LogP contribution in [0.4, 0.5) is 0 Å². The number of rotatable bonds is 1. The van der Waals surface area contributed by atoms with Gasteiger partial charge in [-0.25, -0.2) is 4.98 Å². The van der Waals surface area contributed by atoms with Crippen molar-refractivity contribution in [2.45, 2.75) is 20.0 Å². The molecule has 0 aromatic carbocycles.